The fraction of sp³-hybridized carbons (Fsp3) is 0.400. The van der Waals surface area contributed by atoms with E-state index in [-0.39, 0.29) is 23.6 Å². The predicted molar refractivity (Wildman–Crippen MR) is 95.3 cm³/mol. The summed E-state index contributed by atoms with van der Waals surface area (Å²) in [4.78, 5) is 26.3. The lowest BCUT2D eigenvalue weighted by Crippen LogP contribution is -2.38. The molecule has 2 amide bonds. The minimum Gasteiger partial charge on any atom is -0.459 e. The number of hydrogen-bond donors (Lipinski definition) is 1. The number of aryl methyl sites for hydroxylation is 1. The number of amides is 2. The molecule has 1 aliphatic rings. The summed E-state index contributed by atoms with van der Waals surface area (Å²) in [5.41, 5.74) is 2.51. The van der Waals surface area contributed by atoms with Gasteiger partial charge in [0.1, 0.15) is 0 Å². The van der Waals surface area contributed by atoms with E-state index in [9.17, 15) is 9.59 Å². The minimum atomic E-state index is -0.282. The third kappa shape index (κ3) is 4.50. The molecule has 0 radical (unpaired) electrons. The van der Waals surface area contributed by atoms with Gasteiger partial charge in [-0.3, -0.25) is 9.59 Å². The van der Waals surface area contributed by atoms with Crippen LogP contribution in [0.4, 0.5) is 0 Å². The van der Waals surface area contributed by atoms with Crippen LogP contribution in [0, 0.1) is 6.92 Å². The first kappa shape index (κ1) is 17.3. The van der Waals surface area contributed by atoms with Gasteiger partial charge in [-0.25, -0.2) is 0 Å². The van der Waals surface area contributed by atoms with Gasteiger partial charge in [0, 0.05) is 25.6 Å². The normalized spacial score (nSPS) is 16.8. The summed E-state index contributed by atoms with van der Waals surface area (Å²) >= 11 is 0. The fourth-order valence-corrected chi connectivity index (χ4v) is 3.29. The molecule has 1 saturated heterocycles. The van der Waals surface area contributed by atoms with Gasteiger partial charge in [0.2, 0.25) is 5.91 Å². The van der Waals surface area contributed by atoms with E-state index in [1.165, 1.54) is 17.4 Å². The van der Waals surface area contributed by atoms with Crippen LogP contribution >= 0.6 is 0 Å². The van der Waals surface area contributed by atoms with E-state index in [1.54, 1.807) is 12.1 Å². The number of carbonyl (C=O) groups is 2. The Morgan fingerprint density at radius 1 is 1.24 bits per heavy atom. The summed E-state index contributed by atoms with van der Waals surface area (Å²) in [5.74, 6) is 0.0932. The predicted octanol–water partition coefficient (Wildman–Crippen LogP) is 2.94. The van der Waals surface area contributed by atoms with E-state index in [0.29, 0.717) is 13.0 Å². The molecule has 1 N–H and O–H groups in total. The zero-order valence-electron chi connectivity index (χ0n) is 14.5. The maximum atomic E-state index is 12.5. The van der Waals surface area contributed by atoms with Crippen molar-refractivity contribution in [2.75, 3.05) is 13.1 Å². The molecule has 2 aromatic rings. The highest BCUT2D eigenvalue weighted by Gasteiger charge is 2.28. The maximum Gasteiger partial charge on any atom is 0.286 e. The Morgan fingerprint density at radius 3 is 2.76 bits per heavy atom. The van der Waals surface area contributed by atoms with Gasteiger partial charge in [0.25, 0.3) is 5.91 Å². The Balaban J connectivity index is 1.48. The second kappa shape index (κ2) is 8.01. The Labute approximate surface area is 148 Å². The highest BCUT2D eigenvalue weighted by Crippen LogP contribution is 2.22. The number of furan rings is 1. The van der Waals surface area contributed by atoms with Crippen molar-refractivity contribution in [3.8, 4) is 0 Å². The molecule has 1 aromatic heterocycles. The van der Waals surface area contributed by atoms with E-state index < -0.39 is 0 Å². The van der Waals surface area contributed by atoms with E-state index in [1.807, 2.05) is 4.90 Å². The average molecular weight is 340 g/mol. The highest BCUT2D eigenvalue weighted by atomic mass is 16.3. The van der Waals surface area contributed by atoms with E-state index in [0.717, 1.165) is 25.8 Å². The topological polar surface area (TPSA) is 62.6 Å². The van der Waals surface area contributed by atoms with Crippen molar-refractivity contribution in [1.29, 1.82) is 0 Å². The SMILES string of the molecule is Cc1ccc(C[C@H]2CCCN2C(=O)CCNC(=O)c2ccco2)cc1. The standard InChI is InChI=1S/C20H24N2O3/c1-15-6-8-16(9-7-15)14-17-4-2-12-22(17)19(23)10-11-21-20(24)18-5-3-13-25-18/h3,5-9,13,17H,2,4,10-12,14H2,1H3,(H,21,24)/t17-/m1/s1. The van der Waals surface area contributed by atoms with Crippen molar-refractivity contribution in [2.45, 2.75) is 38.6 Å². The molecule has 25 heavy (non-hydrogen) atoms. The number of likely N-dealkylation sites (tertiary alicyclic amines) is 1. The second-order valence-corrected chi connectivity index (χ2v) is 6.56. The number of benzene rings is 1. The van der Waals surface area contributed by atoms with E-state index in [4.69, 9.17) is 4.42 Å². The van der Waals surface area contributed by atoms with Crippen molar-refractivity contribution < 1.29 is 14.0 Å². The molecule has 1 atom stereocenters. The fourth-order valence-electron chi connectivity index (χ4n) is 3.29. The molecule has 5 nitrogen and oxygen atoms in total. The van der Waals surface area contributed by atoms with Crippen molar-refractivity contribution in [3.05, 3.63) is 59.5 Å². The molecule has 0 aliphatic carbocycles. The van der Waals surface area contributed by atoms with Gasteiger partial charge in [-0.2, -0.15) is 0 Å². The molecular formula is C20H24N2O3. The first-order valence-corrected chi connectivity index (χ1v) is 8.80. The first-order valence-electron chi connectivity index (χ1n) is 8.80. The molecular weight excluding hydrogens is 316 g/mol. The van der Waals surface area contributed by atoms with Gasteiger partial charge < -0.3 is 14.6 Å². The lowest BCUT2D eigenvalue weighted by Gasteiger charge is -2.25. The van der Waals surface area contributed by atoms with Crippen molar-refractivity contribution in [2.24, 2.45) is 0 Å². The molecule has 132 valence electrons. The largest absolute Gasteiger partial charge is 0.459 e. The molecule has 0 unspecified atom stereocenters. The number of nitrogens with one attached hydrogen (secondary N) is 1. The molecule has 0 saturated carbocycles. The van der Waals surface area contributed by atoms with Gasteiger partial charge in [-0.05, 0) is 43.9 Å². The van der Waals surface area contributed by atoms with Crippen molar-refractivity contribution in [3.63, 3.8) is 0 Å². The van der Waals surface area contributed by atoms with Gasteiger partial charge in [0.05, 0.1) is 6.26 Å². The average Bonchev–Trinajstić information content (AvgIpc) is 3.28. The van der Waals surface area contributed by atoms with Crippen LogP contribution in [0.3, 0.4) is 0 Å². The van der Waals surface area contributed by atoms with Crippen LogP contribution in [0.15, 0.2) is 47.1 Å². The van der Waals surface area contributed by atoms with Gasteiger partial charge >= 0.3 is 0 Å². The van der Waals surface area contributed by atoms with Crippen LogP contribution in [0.5, 0.6) is 0 Å². The molecule has 3 rings (SSSR count). The highest BCUT2D eigenvalue weighted by molar-refractivity contribution is 5.91. The third-order valence-corrected chi connectivity index (χ3v) is 4.66. The first-order chi connectivity index (χ1) is 12.1. The summed E-state index contributed by atoms with van der Waals surface area (Å²) in [6.07, 6.45) is 4.75. The van der Waals surface area contributed by atoms with Crippen molar-refractivity contribution in [1.82, 2.24) is 10.2 Å². The van der Waals surface area contributed by atoms with Gasteiger partial charge in [0.15, 0.2) is 5.76 Å². The molecule has 0 spiro atoms. The monoisotopic (exact) mass is 340 g/mol. The van der Waals surface area contributed by atoms with Crippen LogP contribution in [0.2, 0.25) is 0 Å². The third-order valence-electron chi connectivity index (χ3n) is 4.66. The van der Waals surface area contributed by atoms with Crippen LogP contribution < -0.4 is 5.32 Å². The zero-order valence-corrected chi connectivity index (χ0v) is 14.5. The summed E-state index contributed by atoms with van der Waals surface area (Å²) in [5, 5.41) is 2.73. The van der Waals surface area contributed by atoms with Gasteiger partial charge in [-0.15, -0.1) is 0 Å². The van der Waals surface area contributed by atoms with Crippen LogP contribution in [-0.4, -0.2) is 35.8 Å². The molecule has 1 aliphatic heterocycles. The van der Waals surface area contributed by atoms with Crippen LogP contribution in [0.25, 0.3) is 0 Å². The zero-order chi connectivity index (χ0) is 17.6. The summed E-state index contributed by atoms with van der Waals surface area (Å²) in [7, 11) is 0. The van der Waals surface area contributed by atoms with Crippen LogP contribution in [0.1, 0.15) is 40.9 Å². The summed E-state index contributed by atoms with van der Waals surface area (Å²) in [6.45, 7) is 3.21. The van der Waals surface area contributed by atoms with Crippen LogP contribution in [-0.2, 0) is 11.2 Å². The molecule has 2 heterocycles. The number of hydrogen-bond acceptors (Lipinski definition) is 3. The summed E-state index contributed by atoms with van der Waals surface area (Å²) in [6, 6.07) is 12.0. The maximum absolute atomic E-state index is 12.5. The Kier molecular flexibility index (Phi) is 5.53. The molecule has 1 aromatic carbocycles. The number of nitrogens with zero attached hydrogens (tertiary/aromatic N) is 1. The molecule has 1 fully saturated rings. The Morgan fingerprint density at radius 2 is 2.04 bits per heavy atom. The Bertz CT molecular complexity index is 707. The number of rotatable bonds is 6. The minimum absolute atomic E-state index is 0.106. The lowest BCUT2D eigenvalue weighted by molar-refractivity contribution is -0.131. The molecule has 5 heteroatoms. The van der Waals surface area contributed by atoms with E-state index in [2.05, 4.69) is 36.5 Å². The Hall–Kier alpha value is -2.56. The molecule has 0 bridgehead atoms. The second-order valence-electron chi connectivity index (χ2n) is 6.56. The van der Waals surface area contributed by atoms with Crippen molar-refractivity contribution >= 4 is 11.8 Å². The lowest BCUT2D eigenvalue weighted by atomic mass is 10.0. The number of carbonyl (C=O) groups excluding carboxylic acids is 2. The smallest absolute Gasteiger partial charge is 0.286 e. The van der Waals surface area contributed by atoms with Gasteiger partial charge in [-0.1, -0.05) is 29.8 Å². The quantitative estimate of drug-likeness (QED) is 0.879. The summed E-state index contributed by atoms with van der Waals surface area (Å²) < 4.78 is 5.04. The van der Waals surface area contributed by atoms with E-state index >= 15 is 0 Å².